The van der Waals surface area contributed by atoms with Gasteiger partial charge in [-0.2, -0.15) is 0 Å². The first-order chi connectivity index (χ1) is 8.61. The minimum Gasteiger partial charge on any atom is -0.455 e. The van der Waals surface area contributed by atoms with E-state index in [2.05, 4.69) is 0 Å². The molecule has 1 amide bonds. The van der Waals surface area contributed by atoms with E-state index in [1.165, 1.54) is 12.1 Å². The first-order valence-electron chi connectivity index (χ1n) is 6.21. The molecule has 0 aromatic carbocycles. The van der Waals surface area contributed by atoms with Gasteiger partial charge < -0.3 is 9.32 Å². The summed E-state index contributed by atoms with van der Waals surface area (Å²) in [6.45, 7) is 7.72. The van der Waals surface area contributed by atoms with Crippen LogP contribution in [0.5, 0.6) is 0 Å². The van der Waals surface area contributed by atoms with Crippen LogP contribution >= 0.6 is 0 Å². The van der Waals surface area contributed by atoms with Gasteiger partial charge in [-0.15, -0.1) is 0 Å². The van der Waals surface area contributed by atoms with Crippen molar-refractivity contribution in [3.63, 3.8) is 0 Å². The first-order valence-corrected chi connectivity index (χ1v) is 8.27. The predicted molar refractivity (Wildman–Crippen MR) is 73.7 cm³/mol. The van der Waals surface area contributed by atoms with Crippen LogP contribution in [0.3, 0.4) is 0 Å². The molecule has 0 aliphatic carbocycles. The number of sulfone groups is 1. The average Bonchev–Trinajstić information content (AvgIpc) is 2.61. The Morgan fingerprint density at radius 2 is 1.74 bits per heavy atom. The lowest BCUT2D eigenvalue weighted by Crippen LogP contribution is -2.41. The van der Waals surface area contributed by atoms with Crippen LogP contribution in [0.4, 0.5) is 0 Å². The maximum absolute atomic E-state index is 12.3. The SMILES string of the molecule is CC(C)N(C(=O)c1ccc(CS(C)(=O)=O)o1)C(C)C. The molecule has 0 atom stereocenters. The lowest BCUT2D eigenvalue weighted by molar-refractivity contribution is 0.0609. The molecule has 1 rings (SSSR count). The van der Waals surface area contributed by atoms with Crippen LogP contribution in [0.25, 0.3) is 0 Å². The summed E-state index contributed by atoms with van der Waals surface area (Å²) in [5.41, 5.74) is 0. The van der Waals surface area contributed by atoms with Crippen molar-refractivity contribution in [3.05, 3.63) is 23.7 Å². The highest BCUT2D eigenvalue weighted by molar-refractivity contribution is 7.89. The van der Waals surface area contributed by atoms with E-state index in [9.17, 15) is 13.2 Å². The molecule has 5 nitrogen and oxygen atoms in total. The molecule has 1 aromatic rings. The zero-order valence-corrected chi connectivity index (χ0v) is 12.8. The van der Waals surface area contributed by atoms with Crippen LogP contribution in [-0.2, 0) is 15.6 Å². The Bertz CT molecular complexity index is 535. The number of carbonyl (C=O) groups is 1. The monoisotopic (exact) mass is 287 g/mol. The van der Waals surface area contributed by atoms with Gasteiger partial charge in [0.1, 0.15) is 11.5 Å². The van der Waals surface area contributed by atoms with E-state index >= 15 is 0 Å². The van der Waals surface area contributed by atoms with Crippen molar-refractivity contribution < 1.29 is 17.6 Å². The summed E-state index contributed by atoms with van der Waals surface area (Å²) in [7, 11) is -3.16. The highest BCUT2D eigenvalue weighted by Crippen LogP contribution is 2.16. The second-order valence-corrected chi connectivity index (χ2v) is 7.38. The zero-order chi connectivity index (χ0) is 14.8. The van der Waals surface area contributed by atoms with E-state index in [-0.39, 0.29) is 29.5 Å². The van der Waals surface area contributed by atoms with E-state index < -0.39 is 9.84 Å². The Morgan fingerprint density at radius 3 is 2.16 bits per heavy atom. The van der Waals surface area contributed by atoms with Crippen molar-refractivity contribution in [1.29, 1.82) is 0 Å². The van der Waals surface area contributed by atoms with E-state index in [0.29, 0.717) is 5.76 Å². The third-order valence-corrected chi connectivity index (χ3v) is 3.43. The zero-order valence-electron chi connectivity index (χ0n) is 12.0. The van der Waals surface area contributed by atoms with Gasteiger partial charge in [0.25, 0.3) is 5.91 Å². The number of furan rings is 1. The Kier molecular flexibility index (Phi) is 4.79. The van der Waals surface area contributed by atoms with Gasteiger partial charge in [0.2, 0.25) is 0 Å². The second kappa shape index (κ2) is 5.77. The van der Waals surface area contributed by atoms with Crippen LogP contribution in [0.1, 0.15) is 44.0 Å². The lowest BCUT2D eigenvalue weighted by atomic mass is 10.2. The second-order valence-electron chi connectivity index (χ2n) is 5.24. The smallest absolute Gasteiger partial charge is 0.290 e. The molecule has 0 radical (unpaired) electrons. The molecule has 6 heteroatoms. The van der Waals surface area contributed by atoms with Crippen LogP contribution in [0.15, 0.2) is 16.5 Å². The Labute approximate surface area is 114 Å². The average molecular weight is 287 g/mol. The fraction of sp³-hybridized carbons (Fsp3) is 0.615. The molecular weight excluding hydrogens is 266 g/mol. The van der Waals surface area contributed by atoms with Crippen molar-refractivity contribution in [3.8, 4) is 0 Å². The van der Waals surface area contributed by atoms with Crippen molar-refractivity contribution in [2.45, 2.75) is 45.5 Å². The predicted octanol–water partition coefficient (Wildman–Crippen LogP) is 2.08. The highest BCUT2D eigenvalue weighted by Gasteiger charge is 2.24. The Morgan fingerprint density at radius 1 is 1.21 bits per heavy atom. The summed E-state index contributed by atoms with van der Waals surface area (Å²) in [6.07, 6.45) is 1.13. The maximum Gasteiger partial charge on any atom is 0.290 e. The molecule has 108 valence electrons. The normalized spacial score (nSPS) is 12.2. The summed E-state index contributed by atoms with van der Waals surface area (Å²) < 4.78 is 27.7. The van der Waals surface area contributed by atoms with Gasteiger partial charge in [0.15, 0.2) is 15.6 Å². The summed E-state index contributed by atoms with van der Waals surface area (Å²) >= 11 is 0. The number of nitrogens with zero attached hydrogens (tertiary/aromatic N) is 1. The molecule has 0 fully saturated rings. The molecule has 1 aromatic heterocycles. The first kappa shape index (κ1) is 15.8. The van der Waals surface area contributed by atoms with Crippen LogP contribution < -0.4 is 0 Å². The molecular formula is C13H21NO4S. The van der Waals surface area contributed by atoms with Gasteiger partial charge >= 0.3 is 0 Å². The summed E-state index contributed by atoms with van der Waals surface area (Å²) in [4.78, 5) is 14.0. The minimum absolute atomic E-state index is 0.0518. The van der Waals surface area contributed by atoms with E-state index in [4.69, 9.17) is 4.42 Å². The Balaban J connectivity index is 2.95. The van der Waals surface area contributed by atoms with Gasteiger partial charge in [0.05, 0.1) is 0 Å². The summed E-state index contributed by atoms with van der Waals surface area (Å²) in [5, 5.41) is 0. The minimum atomic E-state index is -3.16. The molecule has 0 bridgehead atoms. The molecule has 19 heavy (non-hydrogen) atoms. The molecule has 0 unspecified atom stereocenters. The van der Waals surface area contributed by atoms with Gasteiger partial charge in [0, 0.05) is 18.3 Å². The third-order valence-electron chi connectivity index (χ3n) is 2.62. The standard InChI is InChI=1S/C13H21NO4S/c1-9(2)14(10(3)4)13(15)12-7-6-11(18-12)8-19(5,16)17/h6-7,9-10H,8H2,1-5H3. The molecule has 0 aliphatic heterocycles. The number of rotatable bonds is 5. The number of hydrogen-bond acceptors (Lipinski definition) is 4. The Hall–Kier alpha value is -1.30. The van der Waals surface area contributed by atoms with Crippen LogP contribution in [-0.4, -0.2) is 37.6 Å². The summed E-state index contributed by atoms with van der Waals surface area (Å²) in [5.74, 6) is 0.0630. The maximum atomic E-state index is 12.3. The molecule has 0 spiro atoms. The largest absolute Gasteiger partial charge is 0.455 e. The molecule has 0 N–H and O–H groups in total. The molecule has 0 saturated carbocycles. The molecule has 0 saturated heterocycles. The van der Waals surface area contributed by atoms with Gasteiger partial charge in [-0.05, 0) is 39.8 Å². The topological polar surface area (TPSA) is 67.6 Å². The van der Waals surface area contributed by atoms with Crippen molar-refractivity contribution in [2.75, 3.05) is 6.26 Å². The van der Waals surface area contributed by atoms with Crippen LogP contribution in [0.2, 0.25) is 0 Å². The van der Waals surface area contributed by atoms with Gasteiger partial charge in [-0.1, -0.05) is 0 Å². The quantitative estimate of drug-likeness (QED) is 0.831. The number of hydrogen-bond donors (Lipinski definition) is 0. The van der Waals surface area contributed by atoms with E-state index in [0.717, 1.165) is 6.26 Å². The van der Waals surface area contributed by atoms with E-state index in [1.54, 1.807) is 4.90 Å². The van der Waals surface area contributed by atoms with Gasteiger partial charge in [-0.25, -0.2) is 8.42 Å². The van der Waals surface area contributed by atoms with Crippen molar-refractivity contribution >= 4 is 15.7 Å². The van der Waals surface area contributed by atoms with Crippen molar-refractivity contribution in [2.24, 2.45) is 0 Å². The number of carbonyl (C=O) groups excluding carboxylic acids is 1. The van der Waals surface area contributed by atoms with Gasteiger partial charge in [-0.3, -0.25) is 4.79 Å². The van der Waals surface area contributed by atoms with E-state index in [1.807, 2.05) is 27.7 Å². The highest BCUT2D eigenvalue weighted by atomic mass is 32.2. The fourth-order valence-corrected chi connectivity index (χ4v) is 2.69. The van der Waals surface area contributed by atoms with Crippen molar-refractivity contribution in [1.82, 2.24) is 4.90 Å². The van der Waals surface area contributed by atoms with Crippen LogP contribution in [0, 0.1) is 0 Å². The number of amides is 1. The summed E-state index contributed by atoms with van der Waals surface area (Å²) in [6, 6.07) is 3.17. The molecule has 1 heterocycles. The third kappa shape index (κ3) is 4.38. The fourth-order valence-electron chi connectivity index (χ4n) is 2.02. The lowest BCUT2D eigenvalue weighted by Gasteiger charge is -2.29. The molecule has 0 aliphatic rings.